The third-order valence-electron chi connectivity index (χ3n) is 4.56. The summed E-state index contributed by atoms with van der Waals surface area (Å²) in [5, 5.41) is 5.35. The molecule has 1 amide bonds. The Balaban J connectivity index is 1.64. The van der Waals surface area contributed by atoms with Gasteiger partial charge in [0, 0.05) is 42.1 Å². The number of benzene rings is 1. The van der Waals surface area contributed by atoms with Gasteiger partial charge in [0.25, 0.3) is 5.91 Å². The molecule has 6 heteroatoms. The molecule has 2 saturated heterocycles. The third kappa shape index (κ3) is 2.22. The van der Waals surface area contributed by atoms with Crippen molar-refractivity contribution in [3.8, 4) is 0 Å². The highest BCUT2D eigenvalue weighted by Crippen LogP contribution is 2.31. The highest BCUT2D eigenvalue weighted by atomic mass is 35.5. The van der Waals surface area contributed by atoms with Crippen LogP contribution in [0.1, 0.15) is 10.5 Å². The maximum absolute atomic E-state index is 12.6. The predicted molar refractivity (Wildman–Crippen MR) is 84.1 cm³/mol. The van der Waals surface area contributed by atoms with Crippen molar-refractivity contribution in [3.63, 3.8) is 0 Å². The molecule has 1 aromatic heterocycles. The molecule has 0 spiro atoms. The molecule has 4 nitrogen and oxygen atoms in total. The van der Waals surface area contributed by atoms with Crippen molar-refractivity contribution in [1.29, 1.82) is 0 Å². The van der Waals surface area contributed by atoms with Gasteiger partial charge in [0.2, 0.25) is 0 Å². The summed E-state index contributed by atoms with van der Waals surface area (Å²) in [6, 6.07) is 5.31. The van der Waals surface area contributed by atoms with Gasteiger partial charge in [0.05, 0.1) is 5.02 Å². The molecule has 110 valence electrons. The first-order chi connectivity index (χ1) is 10.1. The molecule has 2 unspecified atom stereocenters. The minimum absolute atomic E-state index is 0.0489. The number of aromatic amines is 1. The number of rotatable bonds is 1. The highest BCUT2D eigenvalue weighted by molar-refractivity contribution is 6.38. The molecule has 0 radical (unpaired) electrons. The van der Waals surface area contributed by atoms with E-state index in [4.69, 9.17) is 23.2 Å². The van der Waals surface area contributed by atoms with E-state index in [0.717, 1.165) is 37.1 Å². The number of amides is 1. The van der Waals surface area contributed by atoms with Crippen LogP contribution in [-0.4, -0.2) is 42.0 Å². The van der Waals surface area contributed by atoms with Crippen LogP contribution < -0.4 is 5.32 Å². The van der Waals surface area contributed by atoms with Crippen LogP contribution in [0.2, 0.25) is 10.0 Å². The maximum atomic E-state index is 12.6. The van der Waals surface area contributed by atoms with Crippen molar-refractivity contribution in [2.24, 2.45) is 11.8 Å². The molecule has 2 aliphatic rings. The van der Waals surface area contributed by atoms with Gasteiger partial charge in [-0.05, 0) is 30.0 Å². The summed E-state index contributed by atoms with van der Waals surface area (Å²) in [5.41, 5.74) is 1.39. The minimum atomic E-state index is 0.0489. The molecule has 0 bridgehead atoms. The lowest BCUT2D eigenvalue weighted by Crippen LogP contribution is -2.32. The van der Waals surface area contributed by atoms with Crippen molar-refractivity contribution in [1.82, 2.24) is 15.2 Å². The van der Waals surface area contributed by atoms with Crippen molar-refractivity contribution in [2.45, 2.75) is 0 Å². The van der Waals surface area contributed by atoms with E-state index in [1.165, 1.54) is 0 Å². The van der Waals surface area contributed by atoms with E-state index in [1.54, 1.807) is 12.1 Å². The number of nitrogens with zero attached hydrogens (tertiary/aromatic N) is 1. The number of hydrogen-bond donors (Lipinski definition) is 2. The lowest BCUT2D eigenvalue weighted by Gasteiger charge is -2.16. The fourth-order valence-corrected chi connectivity index (χ4v) is 4.02. The quantitative estimate of drug-likeness (QED) is 0.847. The Kier molecular flexibility index (Phi) is 3.14. The molecule has 2 fully saturated rings. The highest BCUT2D eigenvalue weighted by Gasteiger charge is 2.38. The molecule has 4 rings (SSSR count). The summed E-state index contributed by atoms with van der Waals surface area (Å²) in [4.78, 5) is 17.7. The van der Waals surface area contributed by atoms with Crippen LogP contribution in [0.5, 0.6) is 0 Å². The van der Waals surface area contributed by atoms with E-state index in [2.05, 4.69) is 10.3 Å². The first-order valence-corrected chi connectivity index (χ1v) is 7.85. The van der Waals surface area contributed by atoms with Gasteiger partial charge in [-0.1, -0.05) is 23.2 Å². The van der Waals surface area contributed by atoms with E-state index < -0.39 is 0 Å². The van der Waals surface area contributed by atoms with Gasteiger partial charge in [-0.2, -0.15) is 0 Å². The number of hydrogen-bond acceptors (Lipinski definition) is 2. The number of carbonyl (C=O) groups excluding carboxylic acids is 1. The maximum Gasteiger partial charge on any atom is 0.270 e. The molecular weight excluding hydrogens is 309 g/mol. The van der Waals surface area contributed by atoms with Gasteiger partial charge >= 0.3 is 0 Å². The molecule has 2 aliphatic heterocycles. The van der Waals surface area contributed by atoms with Crippen molar-refractivity contribution in [3.05, 3.63) is 33.9 Å². The van der Waals surface area contributed by atoms with E-state index in [0.29, 0.717) is 27.6 Å². The van der Waals surface area contributed by atoms with Crippen molar-refractivity contribution in [2.75, 3.05) is 26.2 Å². The lowest BCUT2D eigenvalue weighted by atomic mass is 10.0. The first kappa shape index (κ1) is 13.4. The standard InChI is InChI=1S/C15H15Cl2N3O/c16-10-1-12(17)11-3-14(19-13(11)2-10)15(21)20-6-8-4-18-5-9(8)7-20/h1-3,8-9,18-19H,4-7H2. The van der Waals surface area contributed by atoms with Crippen molar-refractivity contribution < 1.29 is 4.79 Å². The van der Waals surface area contributed by atoms with E-state index >= 15 is 0 Å². The Morgan fingerprint density at radius 1 is 1.14 bits per heavy atom. The summed E-state index contributed by atoms with van der Waals surface area (Å²) in [7, 11) is 0. The average Bonchev–Trinajstić information content (AvgIpc) is 3.09. The van der Waals surface area contributed by atoms with E-state index in [9.17, 15) is 4.79 Å². The van der Waals surface area contributed by atoms with Gasteiger partial charge in [-0.15, -0.1) is 0 Å². The van der Waals surface area contributed by atoms with E-state index in [-0.39, 0.29) is 5.91 Å². The third-order valence-corrected chi connectivity index (χ3v) is 5.09. The second-order valence-electron chi connectivity index (χ2n) is 5.92. The lowest BCUT2D eigenvalue weighted by molar-refractivity contribution is 0.0777. The molecule has 1 aromatic carbocycles. The summed E-state index contributed by atoms with van der Waals surface area (Å²) in [6.45, 7) is 3.70. The van der Waals surface area contributed by atoms with Crippen LogP contribution in [-0.2, 0) is 0 Å². The molecule has 2 atom stereocenters. The molecule has 0 aliphatic carbocycles. The van der Waals surface area contributed by atoms with Gasteiger partial charge in [-0.3, -0.25) is 4.79 Å². The summed E-state index contributed by atoms with van der Waals surface area (Å²) >= 11 is 12.2. The number of fused-ring (bicyclic) bond motifs is 2. The smallest absolute Gasteiger partial charge is 0.270 e. The SMILES string of the molecule is O=C(c1cc2c(Cl)cc(Cl)cc2[nH]1)N1CC2CNCC2C1. The number of likely N-dealkylation sites (tertiary alicyclic amines) is 1. The second-order valence-corrected chi connectivity index (χ2v) is 6.76. The van der Waals surface area contributed by atoms with Crippen LogP contribution in [0.15, 0.2) is 18.2 Å². The second kappa shape index (κ2) is 4.90. The zero-order valence-corrected chi connectivity index (χ0v) is 12.8. The Hall–Kier alpha value is -1.23. The topological polar surface area (TPSA) is 48.1 Å². The van der Waals surface area contributed by atoms with Crippen LogP contribution >= 0.6 is 23.2 Å². The van der Waals surface area contributed by atoms with Crippen LogP contribution in [0.4, 0.5) is 0 Å². The first-order valence-electron chi connectivity index (χ1n) is 7.09. The zero-order valence-electron chi connectivity index (χ0n) is 11.3. The van der Waals surface area contributed by atoms with Crippen molar-refractivity contribution >= 4 is 40.0 Å². The molecule has 2 N–H and O–H groups in total. The van der Waals surface area contributed by atoms with Gasteiger partial charge in [0.1, 0.15) is 5.69 Å². The molecular formula is C15H15Cl2N3O. The fourth-order valence-electron chi connectivity index (χ4n) is 3.47. The Morgan fingerprint density at radius 2 is 1.86 bits per heavy atom. The summed E-state index contributed by atoms with van der Waals surface area (Å²) in [6.07, 6.45) is 0. The molecule has 21 heavy (non-hydrogen) atoms. The van der Waals surface area contributed by atoms with Crippen LogP contribution in [0.25, 0.3) is 10.9 Å². The van der Waals surface area contributed by atoms with Gasteiger partial charge in [0.15, 0.2) is 0 Å². The minimum Gasteiger partial charge on any atom is -0.350 e. The summed E-state index contributed by atoms with van der Waals surface area (Å²) < 4.78 is 0. The number of H-pyrrole nitrogens is 1. The molecule has 0 saturated carbocycles. The van der Waals surface area contributed by atoms with Gasteiger partial charge < -0.3 is 15.2 Å². The number of aromatic nitrogens is 1. The van der Waals surface area contributed by atoms with Crippen LogP contribution in [0, 0.1) is 11.8 Å². The van der Waals surface area contributed by atoms with E-state index in [1.807, 2.05) is 11.0 Å². The Labute approximate surface area is 132 Å². The fraction of sp³-hybridized carbons (Fsp3) is 0.400. The average molecular weight is 324 g/mol. The molecule has 3 heterocycles. The normalized spacial score (nSPS) is 24.8. The summed E-state index contributed by atoms with van der Waals surface area (Å²) in [5.74, 6) is 1.24. The Morgan fingerprint density at radius 3 is 2.57 bits per heavy atom. The predicted octanol–water partition coefficient (Wildman–Crippen LogP) is 2.77. The zero-order chi connectivity index (χ0) is 14.6. The van der Waals surface area contributed by atoms with Gasteiger partial charge in [-0.25, -0.2) is 0 Å². The van der Waals surface area contributed by atoms with Crippen LogP contribution in [0.3, 0.4) is 0 Å². The Bertz CT molecular complexity index is 715. The number of nitrogens with one attached hydrogen (secondary N) is 2. The monoisotopic (exact) mass is 323 g/mol. The number of carbonyl (C=O) groups is 1. The number of halogens is 2. The largest absolute Gasteiger partial charge is 0.350 e. The molecule has 2 aromatic rings.